The number of carbonyl (C=O) groups is 1. The van der Waals surface area contributed by atoms with E-state index in [1.165, 1.54) is 16.8 Å². The largest absolute Gasteiger partial charge is 0.334 e. The molecule has 1 aliphatic rings. The van der Waals surface area contributed by atoms with Gasteiger partial charge in [-0.2, -0.15) is 5.10 Å². The van der Waals surface area contributed by atoms with Gasteiger partial charge in [-0.25, -0.2) is 14.5 Å². The molecule has 25 heavy (non-hydrogen) atoms. The number of carbonyl (C=O) groups excluding carboxylic acids is 1. The maximum atomic E-state index is 12.4. The number of fused-ring (bicyclic) bond motifs is 1. The zero-order chi connectivity index (χ0) is 17.1. The van der Waals surface area contributed by atoms with Gasteiger partial charge in [0, 0.05) is 24.5 Å². The minimum atomic E-state index is 0.00328. The Morgan fingerprint density at radius 2 is 2.04 bits per heavy atom. The maximum Gasteiger partial charge on any atom is 0.317 e. The summed E-state index contributed by atoms with van der Waals surface area (Å²) in [5.74, 6) is 0. The number of aromatic nitrogens is 3. The molecule has 0 saturated heterocycles. The highest BCUT2D eigenvalue weighted by atomic mass is 32.1. The minimum Gasteiger partial charge on any atom is -0.334 e. The van der Waals surface area contributed by atoms with Crippen LogP contribution >= 0.6 is 11.3 Å². The molecule has 3 heterocycles. The summed E-state index contributed by atoms with van der Waals surface area (Å²) in [5.41, 5.74) is 3.52. The maximum absolute atomic E-state index is 12.4. The zero-order valence-corrected chi connectivity index (χ0v) is 14.6. The lowest BCUT2D eigenvalue weighted by atomic mass is 10.1. The van der Waals surface area contributed by atoms with Gasteiger partial charge in [-0.3, -0.25) is 0 Å². The van der Waals surface area contributed by atoms with Crippen molar-refractivity contribution in [3.05, 3.63) is 69.9 Å². The first-order valence-corrected chi connectivity index (χ1v) is 9.14. The Morgan fingerprint density at radius 3 is 2.84 bits per heavy atom. The number of hydrogen-bond acceptors (Lipinski definition) is 4. The van der Waals surface area contributed by atoms with Crippen LogP contribution in [0, 0.1) is 0 Å². The van der Waals surface area contributed by atoms with Crippen LogP contribution in [0.1, 0.15) is 21.6 Å². The fourth-order valence-electron chi connectivity index (χ4n) is 2.98. The number of nitrogens with zero attached hydrogens (tertiary/aromatic N) is 4. The molecule has 4 rings (SSSR count). The molecule has 0 atom stereocenters. The summed E-state index contributed by atoms with van der Waals surface area (Å²) in [7, 11) is 0. The first kappa shape index (κ1) is 15.8. The Kier molecular flexibility index (Phi) is 4.47. The SMILES string of the molecule is O=C(NCc1ccc(Cn2cncn2)cc1)N1CCc2sccc2C1. The molecule has 2 amide bonds. The van der Waals surface area contributed by atoms with Gasteiger partial charge in [-0.05, 0) is 34.6 Å². The molecule has 0 radical (unpaired) electrons. The van der Waals surface area contributed by atoms with Gasteiger partial charge in [-0.15, -0.1) is 11.3 Å². The summed E-state index contributed by atoms with van der Waals surface area (Å²) >= 11 is 1.78. The van der Waals surface area contributed by atoms with Crippen LogP contribution in [-0.2, 0) is 26.1 Å². The highest BCUT2D eigenvalue weighted by molar-refractivity contribution is 7.10. The Morgan fingerprint density at radius 1 is 1.20 bits per heavy atom. The van der Waals surface area contributed by atoms with Gasteiger partial charge in [0.25, 0.3) is 0 Å². The predicted molar refractivity (Wildman–Crippen MR) is 96.2 cm³/mol. The van der Waals surface area contributed by atoms with Crippen molar-refractivity contribution in [2.75, 3.05) is 6.54 Å². The van der Waals surface area contributed by atoms with E-state index in [-0.39, 0.29) is 6.03 Å². The number of thiophene rings is 1. The van der Waals surface area contributed by atoms with Crippen molar-refractivity contribution >= 4 is 17.4 Å². The molecule has 128 valence electrons. The molecule has 0 bridgehead atoms. The van der Waals surface area contributed by atoms with Crippen LogP contribution in [-0.4, -0.2) is 32.2 Å². The zero-order valence-electron chi connectivity index (χ0n) is 13.8. The number of amides is 2. The summed E-state index contributed by atoms with van der Waals surface area (Å²) in [6.45, 7) is 2.73. The number of benzene rings is 1. The van der Waals surface area contributed by atoms with Crippen LogP contribution in [0.2, 0.25) is 0 Å². The van der Waals surface area contributed by atoms with E-state index in [4.69, 9.17) is 0 Å². The van der Waals surface area contributed by atoms with E-state index < -0.39 is 0 Å². The van der Waals surface area contributed by atoms with Gasteiger partial charge < -0.3 is 10.2 Å². The first-order valence-electron chi connectivity index (χ1n) is 8.26. The molecule has 1 N–H and O–H groups in total. The topological polar surface area (TPSA) is 63.1 Å². The van der Waals surface area contributed by atoms with Crippen LogP contribution in [0.15, 0.2) is 48.4 Å². The molecule has 0 saturated carbocycles. The second-order valence-corrected chi connectivity index (χ2v) is 7.11. The van der Waals surface area contributed by atoms with E-state index in [1.807, 2.05) is 17.0 Å². The quantitative estimate of drug-likeness (QED) is 0.784. The normalized spacial score (nSPS) is 13.5. The molecule has 7 heteroatoms. The molecule has 0 aliphatic carbocycles. The summed E-state index contributed by atoms with van der Waals surface area (Å²) in [6, 6.07) is 10.3. The Labute approximate surface area is 150 Å². The summed E-state index contributed by atoms with van der Waals surface area (Å²) in [4.78, 5) is 19.6. The van der Waals surface area contributed by atoms with Gasteiger partial charge >= 0.3 is 6.03 Å². The summed E-state index contributed by atoms with van der Waals surface area (Å²) in [5, 5.41) is 9.22. The second-order valence-electron chi connectivity index (χ2n) is 6.11. The number of hydrogen-bond donors (Lipinski definition) is 1. The third-order valence-corrected chi connectivity index (χ3v) is 5.40. The molecular weight excluding hydrogens is 334 g/mol. The highest BCUT2D eigenvalue weighted by Crippen LogP contribution is 2.23. The number of urea groups is 1. The van der Waals surface area contributed by atoms with Crippen molar-refractivity contribution in [3.8, 4) is 0 Å². The van der Waals surface area contributed by atoms with E-state index >= 15 is 0 Å². The van der Waals surface area contributed by atoms with Crippen LogP contribution in [0.4, 0.5) is 4.79 Å². The van der Waals surface area contributed by atoms with Crippen molar-refractivity contribution in [2.24, 2.45) is 0 Å². The molecule has 1 aromatic carbocycles. The fourth-order valence-corrected chi connectivity index (χ4v) is 3.86. The standard InChI is InChI=1S/C18H19N5OS/c24-18(22-7-5-17-16(11-22)6-8-25-17)20-9-14-1-3-15(4-2-14)10-23-13-19-12-21-23/h1-4,6,8,12-13H,5,7,9-11H2,(H,20,24). The van der Waals surface area contributed by atoms with Crippen molar-refractivity contribution in [1.82, 2.24) is 25.0 Å². The molecule has 0 unspecified atom stereocenters. The van der Waals surface area contributed by atoms with Gasteiger partial charge in [0.15, 0.2) is 0 Å². The highest BCUT2D eigenvalue weighted by Gasteiger charge is 2.20. The van der Waals surface area contributed by atoms with E-state index in [0.717, 1.165) is 24.1 Å². The van der Waals surface area contributed by atoms with Crippen LogP contribution in [0.25, 0.3) is 0 Å². The van der Waals surface area contributed by atoms with Gasteiger partial charge in [-0.1, -0.05) is 24.3 Å². The van der Waals surface area contributed by atoms with Gasteiger partial charge in [0.1, 0.15) is 12.7 Å². The number of rotatable bonds is 4. The third kappa shape index (κ3) is 3.71. The molecule has 1 aliphatic heterocycles. The monoisotopic (exact) mass is 353 g/mol. The van der Waals surface area contributed by atoms with Gasteiger partial charge in [0.05, 0.1) is 6.54 Å². The van der Waals surface area contributed by atoms with Crippen molar-refractivity contribution in [1.29, 1.82) is 0 Å². The summed E-state index contributed by atoms with van der Waals surface area (Å²) < 4.78 is 1.78. The average molecular weight is 353 g/mol. The van der Waals surface area contributed by atoms with Crippen molar-refractivity contribution in [3.63, 3.8) is 0 Å². The lowest BCUT2D eigenvalue weighted by molar-refractivity contribution is 0.192. The molecule has 0 spiro atoms. The van der Waals surface area contributed by atoms with E-state index in [2.05, 4.69) is 39.0 Å². The molecule has 6 nitrogen and oxygen atoms in total. The first-order chi connectivity index (χ1) is 12.3. The lowest BCUT2D eigenvalue weighted by Crippen LogP contribution is -2.42. The van der Waals surface area contributed by atoms with Crippen molar-refractivity contribution < 1.29 is 4.79 Å². The van der Waals surface area contributed by atoms with Crippen LogP contribution in [0.5, 0.6) is 0 Å². The van der Waals surface area contributed by atoms with Gasteiger partial charge in [0.2, 0.25) is 0 Å². The molecule has 0 fully saturated rings. The molecule has 3 aromatic rings. The van der Waals surface area contributed by atoms with Crippen LogP contribution < -0.4 is 5.32 Å². The minimum absolute atomic E-state index is 0.00328. The number of nitrogens with one attached hydrogen (secondary N) is 1. The van der Waals surface area contributed by atoms with E-state index in [1.54, 1.807) is 22.3 Å². The van der Waals surface area contributed by atoms with E-state index in [9.17, 15) is 4.79 Å². The summed E-state index contributed by atoms with van der Waals surface area (Å²) in [6.07, 6.45) is 4.19. The predicted octanol–water partition coefficient (Wildman–Crippen LogP) is 2.66. The van der Waals surface area contributed by atoms with E-state index in [0.29, 0.717) is 19.6 Å². The Balaban J connectivity index is 1.30. The Hall–Kier alpha value is -2.67. The van der Waals surface area contributed by atoms with Crippen LogP contribution in [0.3, 0.4) is 0 Å². The molecule has 2 aromatic heterocycles. The second kappa shape index (κ2) is 7.06. The van der Waals surface area contributed by atoms with Crippen molar-refractivity contribution in [2.45, 2.75) is 26.1 Å². The average Bonchev–Trinajstić information content (AvgIpc) is 3.31. The fraction of sp³-hybridized carbons (Fsp3) is 0.278. The molecular formula is C18H19N5OS. The Bertz CT molecular complexity index is 841. The smallest absolute Gasteiger partial charge is 0.317 e. The lowest BCUT2D eigenvalue weighted by Gasteiger charge is -2.27. The third-order valence-electron chi connectivity index (χ3n) is 4.37.